The average molecular weight is 369 g/mol. The van der Waals surface area contributed by atoms with Crippen molar-refractivity contribution >= 4 is 17.6 Å². The molecule has 1 aliphatic rings. The Kier molecular flexibility index (Phi) is 5.35. The van der Waals surface area contributed by atoms with Crippen LogP contribution in [0.25, 0.3) is 0 Å². The Bertz CT molecular complexity index is 915. The second kappa shape index (κ2) is 7.86. The minimum Gasteiger partial charge on any atom is -0.352 e. The molecule has 0 aliphatic carbocycles. The van der Waals surface area contributed by atoms with E-state index in [1.165, 1.54) is 18.2 Å². The van der Waals surface area contributed by atoms with Gasteiger partial charge in [0.15, 0.2) is 5.96 Å². The van der Waals surface area contributed by atoms with Crippen molar-refractivity contribution in [1.82, 2.24) is 20.0 Å². The van der Waals surface area contributed by atoms with E-state index in [0.29, 0.717) is 30.2 Å². The third-order valence-corrected chi connectivity index (χ3v) is 4.35. The fourth-order valence-electron chi connectivity index (χ4n) is 2.96. The number of rotatable bonds is 3. The third-order valence-electron chi connectivity index (χ3n) is 4.35. The summed E-state index contributed by atoms with van der Waals surface area (Å²) in [6.07, 6.45) is 3.46. The molecule has 0 spiro atoms. The van der Waals surface area contributed by atoms with Crippen LogP contribution in [0, 0.1) is 17.1 Å². The quantitative estimate of drug-likeness (QED) is 0.640. The third kappa shape index (κ3) is 4.06. The Balaban J connectivity index is 1.64. The van der Waals surface area contributed by atoms with Gasteiger partial charge in [-0.1, -0.05) is 0 Å². The number of anilines is 1. The molecule has 1 saturated heterocycles. The van der Waals surface area contributed by atoms with Crippen LogP contribution in [-0.2, 0) is 18.4 Å². The second-order valence-electron chi connectivity index (χ2n) is 6.16. The highest BCUT2D eigenvalue weighted by Crippen LogP contribution is 2.16. The van der Waals surface area contributed by atoms with Gasteiger partial charge in [-0.2, -0.15) is 10.4 Å². The van der Waals surface area contributed by atoms with Crippen molar-refractivity contribution in [2.24, 2.45) is 12.0 Å². The zero-order valence-corrected chi connectivity index (χ0v) is 15.2. The van der Waals surface area contributed by atoms with Gasteiger partial charge in [-0.05, 0) is 18.2 Å². The number of carbonyl (C=O) groups is 1. The summed E-state index contributed by atoms with van der Waals surface area (Å²) in [6, 6.07) is 6.20. The summed E-state index contributed by atoms with van der Waals surface area (Å²) in [6.45, 7) is 1.42. The van der Waals surface area contributed by atoms with Gasteiger partial charge in [0.25, 0.3) is 0 Å². The van der Waals surface area contributed by atoms with Crippen LogP contribution in [0.2, 0.25) is 0 Å². The molecule has 1 aromatic carbocycles. The maximum atomic E-state index is 13.9. The molecule has 2 heterocycles. The Morgan fingerprint density at radius 1 is 1.44 bits per heavy atom. The lowest BCUT2D eigenvalue weighted by Gasteiger charge is -2.35. The van der Waals surface area contributed by atoms with Crippen molar-refractivity contribution in [2.75, 3.05) is 31.6 Å². The van der Waals surface area contributed by atoms with Crippen molar-refractivity contribution in [3.05, 3.63) is 47.5 Å². The van der Waals surface area contributed by atoms with Crippen LogP contribution in [0.4, 0.5) is 10.1 Å². The lowest BCUT2D eigenvalue weighted by Crippen LogP contribution is -2.55. The maximum Gasteiger partial charge on any atom is 0.246 e. The zero-order valence-electron chi connectivity index (χ0n) is 15.2. The van der Waals surface area contributed by atoms with E-state index in [2.05, 4.69) is 15.4 Å². The first kappa shape index (κ1) is 18.4. The van der Waals surface area contributed by atoms with Crippen molar-refractivity contribution < 1.29 is 9.18 Å². The number of aromatic nitrogens is 2. The molecule has 0 unspecified atom stereocenters. The van der Waals surface area contributed by atoms with Gasteiger partial charge < -0.3 is 15.1 Å². The standard InChI is InChI=1S/C18H20FN7O/c1-21-18(22-9-14-7-13(8-20)3-4-16(14)19)25-5-6-26(17(27)12-25)15-10-23-24(2)11-15/h3-4,7,10-11H,5-6,9,12H2,1-2H3,(H,21,22). The SMILES string of the molecule is CN=C(NCc1cc(C#N)ccc1F)N1CCN(c2cnn(C)c2)C(=O)C1. The van der Waals surface area contributed by atoms with Crippen LogP contribution in [0.1, 0.15) is 11.1 Å². The van der Waals surface area contributed by atoms with Crippen LogP contribution in [-0.4, -0.2) is 53.2 Å². The predicted molar refractivity (Wildman–Crippen MR) is 98.4 cm³/mol. The first-order chi connectivity index (χ1) is 13.0. The van der Waals surface area contributed by atoms with Gasteiger partial charge in [-0.15, -0.1) is 0 Å². The molecule has 1 aliphatic heterocycles. The molecule has 0 bridgehead atoms. The number of halogens is 1. The van der Waals surface area contributed by atoms with Crippen molar-refractivity contribution in [2.45, 2.75) is 6.54 Å². The minimum absolute atomic E-state index is 0.0603. The molecule has 0 radical (unpaired) electrons. The van der Waals surface area contributed by atoms with Gasteiger partial charge in [0, 0.05) is 45.5 Å². The van der Waals surface area contributed by atoms with Crippen molar-refractivity contribution in [3.8, 4) is 6.07 Å². The molecule has 27 heavy (non-hydrogen) atoms. The largest absolute Gasteiger partial charge is 0.352 e. The molecule has 9 heteroatoms. The molecule has 0 saturated carbocycles. The highest BCUT2D eigenvalue weighted by molar-refractivity contribution is 5.98. The van der Waals surface area contributed by atoms with Crippen LogP contribution in [0.5, 0.6) is 0 Å². The lowest BCUT2D eigenvalue weighted by atomic mass is 10.1. The van der Waals surface area contributed by atoms with E-state index in [1.807, 2.05) is 11.0 Å². The normalized spacial score (nSPS) is 15.0. The van der Waals surface area contributed by atoms with Gasteiger partial charge >= 0.3 is 0 Å². The summed E-state index contributed by atoms with van der Waals surface area (Å²) in [5.41, 5.74) is 1.53. The van der Waals surface area contributed by atoms with Gasteiger partial charge in [-0.25, -0.2) is 4.39 Å². The number of nitrogens with one attached hydrogen (secondary N) is 1. The summed E-state index contributed by atoms with van der Waals surface area (Å²) in [5.74, 6) is 0.0558. The number of aryl methyl sites for hydroxylation is 1. The molecular formula is C18H20FN7O. The molecule has 0 atom stereocenters. The predicted octanol–water partition coefficient (Wildman–Crippen LogP) is 0.855. The number of hydrogen-bond donors (Lipinski definition) is 1. The Morgan fingerprint density at radius 3 is 2.89 bits per heavy atom. The Labute approximate surface area is 156 Å². The van der Waals surface area contributed by atoms with Crippen LogP contribution >= 0.6 is 0 Å². The number of nitrogens with zero attached hydrogens (tertiary/aromatic N) is 6. The Hall–Kier alpha value is -3.41. The maximum absolute atomic E-state index is 13.9. The van der Waals surface area contributed by atoms with E-state index >= 15 is 0 Å². The van der Waals surface area contributed by atoms with Crippen molar-refractivity contribution in [3.63, 3.8) is 0 Å². The zero-order chi connectivity index (χ0) is 19.4. The van der Waals surface area contributed by atoms with Gasteiger partial charge in [-0.3, -0.25) is 14.5 Å². The molecule has 2 aromatic rings. The number of guanidine groups is 1. The second-order valence-corrected chi connectivity index (χ2v) is 6.16. The number of nitriles is 1. The van der Waals surface area contributed by atoms with Gasteiger partial charge in [0.1, 0.15) is 12.4 Å². The molecule has 8 nitrogen and oxygen atoms in total. The topological polar surface area (TPSA) is 89.6 Å². The first-order valence-electron chi connectivity index (χ1n) is 8.45. The van der Waals surface area contributed by atoms with E-state index in [9.17, 15) is 9.18 Å². The first-order valence-corrected chi connectivity index (χ1v) is 8.45. The number of amides is 1. The fraction of sp³-hybridized carbons (Fsp3) is 0.333. The number of aliphatic imine (C=N–C) groups is 1. The average Bonchev–Trinajstić information content (AvgIpc) is 3.09. The molecule has 1 amide bonds. The number of carbonyl (C=O) groups excluding carboxylic acids is 1. The number of piperazine rings is 1. The highest BCUT2D eigenvalue weighted by Gasteiger charge is 2.27. The minimum atomic E-state index is -0.394. The molecule has 1 aromatic heterocycles. The van der Waals surface area contributed by atoms with Gasteiger partial charge in [0.2, 0.25) is 5.91 Å². The monoisotopic (exact) mass is 369 g/mol. The smallest absolute Gasteiger partial charge is 0.246 e. The van der Waals surface area contributed by atoms with Crippen LogP contribution < -0.4 is 10.2 Å². The Morgan fingerprint density at radius 2 is 2.26 bits per heavy atom. The highest BCUT2D eigenvalue weighted by atomic mass is 19.1. The van der Waals surface area contributed by atoms with Crippen molar-refractivity contribution in [1.29, 1.82) is 5.26 Å². The molecule has 3 rings (SSSR count). The van der Waals surface area contributed by atoms with E-state index in [-0.39, 0.29) is 19.0 Å². The number of benzene rings is 1. The molecule has 1 N–H and O–H groups in total. The van der Waals surface area contributed by atoms with E-state index in [4.69, 9.17) is 5.26 Å². The van der Waals surface area contributed by atoms with Crippen LogP contribution in [0.3, 0.4) is 0 Å². The molecule has 1 fully saturated rings. The summed E-state index contributed by atoms with van der Waals surface area (Å²) in [7, 11) is 3.42. The summed E-state index contributed by atoms with van der Waals surface area (Å²) >= 11 is 0. The molecular weight excluding hydrogens is 349 g/mol. The summed E-state index contributed by atoms with van der Waals surface area (Å²) < 4.78 is 15.6. The number of hydrogen-bond acceptors (Lipinski definition) is 4. The van der Waals surface area contributed by atoms with E-state index in [1.54, 1.807) is 36.1 Å². The van der Waals surface area contributed by atoms with E-state index < -0.39 is 5.82 Å². The summed E-state index contributed by atoms with van der Waals surface area (Å²) in [4.78, 5) is 20.2. The lowest BCUT2D eigenvalue weighted by molar-refractivity contribution is -0.120. The van der Waals surface area contributed by atoms with E-state index in [0.717, 1.165) is 5.69 Å². The van der Waals surface area contributed by atoms with Gasteiger partial charge in [0.05, 0.1) is 23.5 Å². The summed E-state index contributed by atoms with van der Waals surface area (Å²) in [5, 5.41) is 16.1. The van der Waals surface area contributed by atoms with Crippen LogP contribution in [0.15, 0.2) is 35.6 Å². The molecule has 140 valence electrons. The fourth-order valence-corrected chi connectivity index (χ4v) is 2.96.